The maximum Gasteiger partial charge on any atom is 0.0811 e. The van der Waals surface area contributed by atoms with Crippen LogP contribution >= 0.6 is 11.3 Å². The average Bonchev–Trinajstić information content (AvgIpc) is 2.71. The van der Waals surface area contributed by atoms with Crippen molar-refractivity contribution in [3.8, 4) is 0 Å². The van der Waals surface area contributed by atoms with E-state index in [0.717, 1.165) is 16.8 Å². The van der Waals surface area contributed by atoms with Gasteiger partial charge in [-0.1, -0.05) is 36.9 Å². The number of nitrogens with zero attached hydrogens (tertiary/aromatic N) is 1. The largest absolute Gasteiger partial charge is 0.245 e. The Morgan fingerprint density at radius 3 is 2.62 bits per heavy atom. The minimum Gasteiger partial charge on any atom is -0.245 e. The lowest BCUT2D eigenvalue weighted by Gasteiger charge is -2.00. The van der Waals surface area contributed by atoms with Crippen LogP contribution in [0.2, 0.25) is 0 Å². The number of thiazole rings is 1. The number of rotatable bonds is 2. The van der Waals surface area contributed by atoms with Gasteiger partial charge in [0.1, 0.15) is 0 Å². The van der Waals surface area contributed by atoms with E-state index in [-0.39, 0.29) is 0 Å². The van der Waals surface area contributed by atoms with Gasteiger partial charge in [0.2, 0.25) is 0 Å². The molecule has 0 N–H and O–H groups in total. The van der Waals surface area contributed by atoms with Crippen LogP contribution in [0.15, 0.2) is 47.8 Å². The summed E-state index contributed by atoms with van der Waals surface area (Å²) in [5, 5.41) is 2.01. The molecule has 2 rings (SSSR count). The number of hydrogen-bond donors (Lipinski definition) is 0. The zero-order chi connectivity index (χ0) is 9.10. The van der Waals surface area contributed by atoms with Crippen LogP contribution in [0.4, 0.5) is 0 Å². The van der Waals surface area contributed by atoms with Crippen molar-refractivity contribution in [2.45, 2.75) is 0 Å². The van der Waals surface area contributed by atoms with Gasteiger partial charge in [0.25, 0.3) is 0 Å². The minimum atomic E-state index is 0.969. The summed E-state index contributed by atoms with van der Waals surface area (Å²) in [5.74, 6) is 0. The van der Waals surface area contributed by atoms with Gasteiger partial charge in [0.05, 0.1) is 11.2 Å². The first-order chi connectivity index (χ1) is 6.38. The van der Waals surface area contributed by atoms with Gasteiger partial charge < -0.3 is 0 Å². The van der Waals surface area contributed by atoms with Crippen molar-refractivity contribution in [2.24, 2.45) is 0 Å². The number of benzene rings is 1. The van der Waals surface area contributed by atoms with E-state index >= 15 is 0 Å². The van der Waals surface area contributed by atoms with E-state index in [1.807, 2.05) is 41.2 Å². The molecule has 13 heavy (non-hydrogen) atoms. The molecule has 0 aliphatic heterocycles. The van der Waals surface area contributed by atoms with Crippen molar-refractivity contribution in [2.75, 3.05) is 0 Å². The Morgan fingerprint density at radius 2 is 2.00 bits per heavy atom. The molecule has 1 heterocycles. The fraction of sp³-hybridized carbons (Fsp3) is 0. The van der Waals surface area contributed by atoms with E-state index in [4.69, 9.17) is 0 Å². The van der Waals surface area contributed by atoms with E-state index in [9.17, 15) is 0 Å². The third-order valence-electron chi connectivity index (χ3n) is 1.86. The SMILES string of the molecule is C=C(c1ccccc1)c1cscn1. The monoisotopic (exact) mass is 187 g/mol. The fourth-order valence-electron chi connectivity index (χ4n) is 1.15. The van der Waals surface area contributed by atoms with E-state index in [2.05, 4.69) is 11.6 Å². The molecular weight excluding hydrogens is 178 g/mol. The summed E-state index contributed by atoms with van der Waals surface area (Å²) in [6, 6.07) is 10.1. The van der Waals surface area contributed by atoms with E-state index in [1.54, 1.807) is 11.3 Å². The Balaban J connectivity index is 2.34. The molecule has 0 spiro atoms. The highest BCUT2D eigenvalue weighted by molar-refractivity contribution is 7.07. The topological polar surface area (TPSA) is 12.9 Å². The molecule has 2 aromatic rings. The molecule has 0 bridgehead atoms. The van der Waals surface area contributed by atoms with Crippen molar-refractivity contribution >= 4 is 16.9 Å². The lowest BCUT2D eigenvalue weighted by Crippen LogP contribution is -1.84. The quantitative estimate of drug-likeness (QED) is 0.703. The van der Waals surface area contributed by atoms with Crippen molar-refractivity contribution in [3.63, 3.8) is 0 Å². The second-order valence-electron chi connectivity index (χ2n) is 2.72. The maximum absolute atomic E-state index is 4.21. The maximum atomic E-state index is 4.21. The molecule has 0 unspecified atom stereocenters. The van der Waals surface area contributed by atoms with Gasteiger partial charge in [-0.3, -0.25) is 0 Å². The Hall–Kier alpha value is -1.41. The first kappa shape index (κ1) is 8.20. The van der Waals surface area contributed by atoms with Crippen molar-refractivity contribution in [1.82, 2.24) is 4.98 Å². The molecule has 0 amide bonds. The Kier molecular flexibility index (Phi) is 2.23. The van der Waals surface area contributed by atoms with E-state index < -0.39 is 0 Å². The van der Waals surface area contributed by atoms with Gasteiger partial charge in [-0.15, -0.1) is 11.3 Å². The Bertz CT molecular complexity index is 389. The normalized spacial score (nSPS) is 9.85. The summed E-state index contributed by atoms with van der Waals surface area (Å²) >= 11 is 1.59. The lowest BCUT2D eigenvalue weighted by molar-refractivity contribution is 1.35. The van der Waals surface area contributed by atoms with Crippen LogP contribution in [-0.4, -0.2) is 4.98 Å². The molecule has 2 heteroatoms. The van der Waals surface area contributed by atoms with Crippen molar-refractivity contribution in [3.05, 3.63) is 59.1 Å². The highest BCUT2D eigenvalue weighted by Crippen LogP contribution is 2.20. The second-order valence-corrected chi connectivity index (χ2v) is 3.44. The molecular formula is C11H9NS. The zero-order valence-corrected chi connectivity index (χ0v) is 7.92. The Labute approximate surface area is 81.4 Å². The number of aromatic nitrogens is 1. The van der Waals surface area contributed by atoms with Crippen LogP contribution in [0.5, 0.6) is 0 Å². The van der Waals surface area contributed by atoms with E-state index in [0.29, 0.717) is 0 Å². The summed E-state index contributed by atoms with van der Waals surface area (Å²) in [7, 11) is 0. The molecule has 1 aromatic heterocycles. The predicted octanol–water partition coefficient (Wildman–Crippen LogP) is 3.20. The predicted molar refractivity (Wildman–Crippen MR) is 56.7 cm³/mol. The summed E-state index contributed by atoms with van der Waals surface area (Å²) in [4.78, 5) is 4.21. The van der Waals surface area contributed by atoms with Crippen molar-refractivity contribution in [1.29, 1.82) is 0 Å². The molecule has 64 valence electrons. The van der Waals surface area contributed by atoms with Crippen LogP contribution in [0, 0.1) is 0 Å². The molecule has 0 aliphatic carbocycles. The van der Waals surface area contributed by atoms with Crippen LogP contribution in [-0.2, 0) is 0 Å². The van der Waals surface area contributed by atoms with Gasteiger partial charge in [-0.2, -0.15) is 0 Å². The van der Waals surface area contributed by atoms with Crippen LogP contribution in [0.1, 0.15) is 11.3 Å². The molecule has 0 fully saturated rings. The lowest BCUT2D eigenvalue weighted by atomic mass is 10.1. The van der Waals surface area contributed by atoms with Gasteiger partial charge >= 0.3 is 0 Å². The van der Waals surface area contributed by atoms with Gasteiger partial charge in [0.15, 0.2) is 0 Å². The van der Waals surface area contributed by atoms with Crippen LogP contribution < -0.4 is 0 Å². The standard InChI is InChI=1S/C11H9NS/c1-9(11-7-13-8-12-11)10-5-3-2-4-6-10/h2-8H,1H2. The zero-order valence-electron chi connectivity index (χ0n) is 7.10. The highest BCUT2D eigenvalue weighted by Gasteiger charge is 2.02. The Morgan fingerprint density at radius 1 is 1.23 bits per heavy atom. The van der Waals surface area contributed by atoms with Crippen LogP contribution in [0.3, 0.4) is 0 Å². The third kappa shape index (κ3) is 1.68. The third-order valence-corrected chi connectivity index (χ3v) is 2.45. The first-order valence-corrected chi connectivity index (χ1v) is 4.95. The first-order valence-electron chi connectivity index (χ1n) is 4.01. The van der Waals surface area contributed by atoms with Gasteiger partial charge in [-0.05, 0) is 5.56 Å². The molecule has 0 saturated heterocycles. The smallest absolute Gasteiger partial charge is 0.0811 e. The van der Waals surface area contributed by atoms with E-state index in [1.165, 1.54) is 0 Å². The summed E-state index contributed by atoms with van der Waals surface area (Å²) < 4.78 is 0. The fourth-order valence-corrected chi connectivity index (χ4v) is 1.72. The van der Waals surface area contributed by atoms with Gasteiger partial charge in [0, 0.05) is 11.0 Å². The molecule has 1 nitrogen and oxygen atoms in total. The average molecular weight is 187 g/mol. The minimum absolute atomic E-state index is 0.969. The molecule has 1 aromatic carbocycles. The molecule has 0 atom stereocenters. The summed E-state index contributed by atoms with van der Waals surface area (Å²) in [6.45, 7) is 4.01. The highest BCUT2D eigenvalue weighted by atomic mass is 32.1. The summed E-state index contributed by atoms with van der Waals surface area (Å²) in [5.41, 5.74) is 4.91. The van der Waals surface area contributed by atoms with Gasteiger partial charge in [-0.25, -0.2) is 4.98 Å². The molecule has 0 saturated carbocycles. The van der Waals surface area contributed by atoms with Crippen molar-refractivity contribution < 1.29 is 0 Å². The molecule has 0 aliphatic rings. The second kappa shape index (κ2) is 3.54. The molecule has 0 radical (unpaired) electrons. The summed E-state index contributed by atoms with van der Waals surface area (Å²) in [6.07, 6.45) is 0. The van der Waals surface area contributed by atoms with Crippen LogP contribution in [0.25, 0.3) is 5.57 Å². The number of hydrogen-bond acceptors (Lipinski definition) is 2.